The van der Waals surface area contributed by atoms with E-state index in [1.807, 2.05) is 0 Å². The third-order valence-corrected chi connectivity index (χ3v) is 7.10. The third kappa shape index (κ3) is 6.71. The molecule has 4 N–H and O–H groups in total. The Morgan fingerprint density at radius 2 is 1.76 bits per heavy atom. The third-order valence-electron chi connectivity index (χ3n) is 6.09. The van der Waals surface area contributed by atoms with E-state index in [1.54, 1.807) is 0 Å². The van der Waals surface area contributed by atoms with Crippen molar-refractivity contribution >= 4 is 7.82 Å². The van der Waals surface area contributed by atoms with Crippen LogP contribution in [0.15, 0.2) is 26.8 Å². The van der Waals surface area contributed by atoms with E-state index in [-0.39, 0.29) is 53.5 Å². The molecule has 4 heterocycles. The van der Waals surface area contributed by atoms with Crippen LogP contribution in [-0.4, -0.2) is 71.8 Å². The van der Waals surface area contributed by atoms with Gasteiger partial charge < -0.3 is 29.7 Å². The summed E-state index contributed by atoms with van der Waals surface area (Å²) in [4.78, 5) is 51.5. The molecule has 38 heavy (non-hydrogen) atoms. The molecule has 2 fully saturated rings. The number of rotatable bonds is 8. The molecule has 204 valence electrons. The van der Waals surface area contributed by atoms with Crippen LogP contribution in [0, 0.1) is 13.8 Å². The Labute approximate surface area is 236 Å². The maximum Gasteiger partial charge on any atom is 1.00 e. The smallest absolute Gasteiger partial charge is 0.858 e. The van der Waals surface area contributed by atoms with Crippen LogP contribution in [0.3, 0.4) is 0 Å². The number of aliphatic hydroxyl groups excluding tert-OH is 2. The Hall–Kier alpha value is -1.69. The van der Waals surface area contributed by atoms with Gasteiger partial charge >= 0.3 is 48.8 Å². The zero-order valence-corrected chi connectivity index (χ0v) is 23.6. The van der Waals surface area contributed by atoms with Crippen molar-refractivity contribution in [3.63, 3.8) is 0 Å². The van der Waals surface area contributed by atoms with Gasteiger partial charge in [-0.05, 0) is 25.3 Å². The van der Waals surface area contributed by atoms with Gasteiger partial charge in [-0.1, -0.05) is 0 Å². The van der Waals surface area contributed by atoms with Crippen LogP contribution >= 0.6 is 7.82 Å². The Balaban J connectivity index is 0.00000400. The van der Waals surface area contributed by atoms with E-state index in [4.69, 9.17) is 18.5 Å². The van der Waals surface area contributed by atoms with Gasteiger partial charge in [0.1, 0.15) is 30.8 Å². The Kier molecular flexibility index (Phi) is 9.92. The normalized spacial score (nSPS) is 28.7. The molecule has 2 aromatic rings. The average molecular weight is 568 g/mol. The molecule has 2 saturated heterocycles. The van der Waals surface area contributed by atoms with Gasteiger partial charge in [0.25, 0.3) is 5.56 Å². The van der Waals surface area contributed by atoms with Crippen LogP contribution in [-0.2, 0) is 23.1 Å². The largest absolute Gasteiger partial charge is 1.00 e. The molecule has 4 rings (SSSR count). The van der Waals surface area contributed by atoms with Crippen LogP contribution in [0.1, 0.15) is 36.4 Å². The second-order valence-corrected chi connectivity index (χ2v) is 10.2. The monoisotopic (exact) mass is 568 g/mol. The van der Waals surface area contributed by atoms with Crippen LogP contribution in [0.4, 0.5) is 0 Å². The van der Waals surface area contributed by atoms with Gasteiger partial charge in [-0.25, -0.2) is 19.1 Å². The number of aromatic amines is 1. The minimum absolute atomic E-state index is 0. The molecule has 0 spiro atoms. The zero-order valence-electron chi connectivity index (χ0n) is 20.8. The molecular formula is C20H26N4NaO12P. The summed E-state index contributed by atoms with van der Waals surface area (Å²) in [6, 6.07) is 0. The first-order valence-electron chi connectivity index (χ1n) is 11.2. The number of hydrogen-bond donors (Lipinski definition) is 4. The molecule has 0 bridgehead atoms. The molecule has 2 aliphatic rings. The quantitative estimate of drug-likeness (QED) is 0.173. The first-order valence-corrected chi connectivity index (χ1v) is 12.7. The number of ether oxygens (including phenoxy) is 2. The van der Waals surface area contributed by atoms with E-state index in [1.165, 1.54) is 26.2 Å². The number of aliphatic hydroxyl groups is 2. The van der Waals surface area contributed by atoms with Crippen LogP contribution < -0.4 is 51.6 Å². The van der Waals surface area contributed by atoms with Gasteiger partial charge in [0.05, 0.1) is 19.3 Å². The van der Waals surface area contributed by atoms with E-state index < -0.39 is 80.7 Å². The summed E-state index contributed by atoms with van der Waals surface area (Å²) in [6.45, 7) is 1.75. The van der Waals surface area contributed by atoms with Gasteiger partial charge in [0, 0.05) is 30.8 Å². The number of nitrogens with zero attached hydrogens (tertiary/aromatic N) is 3. The number of aryl methyl sites for hydroxylation is 2. The number of aromatic nitrogens is 4. The molecule has 7 atom stereocenters. The predicted molar refractivity (Wildman–Crippen MR) is 120 cm³/mol. The molecule has 0 aromatic carbocycles. The van der Waals surface area contributed by atoms with Crippen molar-refractivity contribution in [3.05, 3.63) is 54.8 Å². The van der Waals surface area contributed by atoms with Gasteiger partial charge in [0.2, 0.25) is 0 Å². The molecule has 0 aliphatic carbocycles. The molecule has 1 unspecified atom stereocenters. The SMILES string of the molecule is Cc1cn([C@H]2C[C@H](O)[C@@H](COP(=O)(O)O[C@H]3C[C@H](n4cc(C)c(=O)[nH]c4=O)O[C@@H]3CO)O2)c(=O)nc1[O-].[Na+]. The Bertz CT molecular complexity index is 1380. The van der Waals surface area contributed by atoms with E-state index in [0.29, 0.717) is 0 Å². The summed E-state index contributed by atoms with van der Waals surface area (Å²) in [5.74, 6) is -0.682. The van der Waals surface area contributed by atoms with Gasteiger partial charge in [-0.2, -0.15) is 0 Å². The first-order chi connectivity index (χ1) is 17.4. The van der Waals surface area contributed by atoms with Crippen molar-refractivity contribution in [1.29, 1.82) is 0 Å². The number of phosphoric ester groups is 1. The molecule has 16 nitrogen and oxygen atoms in total. The second-order valence-electron chi connectivity index (χ2n) is 8.79. The maximum absolute atomic E-state index is 12.6. The minimum atomic E-state index is -4.78. The second kappa shape index (κ2) is 12.2. The minimum Gasteiger partial charge on any atom is -0.858 e. The fourth-order valence-corrected chi connectivity index (χ4v) is 5.07. The number of phosphoric acid groups is 1. The van der Waals surface area contributed by atoms with Crippen molar-refractivity contribution in [3.8, 4) is 5.88 Å². The van der Waals surface area contributed by atoms with E-state index in [2.05, 4.69) is 9.97 Å². The molecule has 2 aliphatic heterocycles. The van der Waals surface area contributed by atoms with Crippen molar-refractivity contribution in [1.82, 2.24) is 19.1 Å². The van der Waals surface area contributed by atoms with E-state index in [0.717, 1.165) is 9.13 Å². The summed E-state index contributed by atoms with van der Waals surface area (Å²) in [6.07, 6.45) is -4.20. The summed E-state index contributed by atoms with van der Waals surface area (Å²) in [7, 11) is -4.78. The summed E-state index contributed by atoms with van der Waals surface area (Å²) < 4.78 is 36.1. The number of H-pyrrole nitrogens is 1. The molecule has 0 amide bonds. The fourth-order valence-electron chi connectivity index (χ4n) is 4.11. The van der Waals surface area contributed by atoms with Crippen molar-refractivity contribution in [2.45, 2.75) is 63.6 Å². The van der Waals surface area contributed by atoms with Crippen LogP contribution in [0.25, 0.3) is 0 Å². The average Bonchev–Trinajstić information content (AvgIpc) is 3.39. The van der Waals surface area contributed by atoms with Gasteiger partial charge in [0.15, 0.2) is 0 Å². The Morgan fingerprint density at radius 3 is 2.45 bits per heavy atom. The molecule has 2 aromatic heterocycles. The maximum atomic E-state index is 12.6. The van der Waals surface area contributed by atoms with Crippen LogP contribution in [0.5, 0.6) is 5.88 Å². The first kappa shape index (κ1) is 30.8. The van der Waals surface area contributed by atoms with Crippen LogP contribution in [0.2, 0.25) is 0 Å². The topological polar surface area (TPSA) is 227 Å². The van der Waals surface area contributed by atoms with E-state index in [9.17, 15) is 39.2 Å². The molecule has 0 saturated carbocycles. The van der Waals surface area contributed by atoms with Crippen molar-refractivity contribution in [2.75, 3.05) is 13.2 Å². The zero-order chi connectivity index (χ0) is 27.1. The summed E-state index contributed by atoms with van der Waals surface area (Å²) in [5.41, 5.74) is -1.78. The summed E-state index contributed by atoms with van der Waals surface area (Å²) in [5, 5.41) is 31.5. The van der Waals surface area contributed by atoms with Gasteiger partial charge in [-0.15, -0.1) is 0 Å². The van der Waals surface area contributed by atoms with E-state index >= 15 is 0 Å². The number of hydrogen-bond acceptors (Lipinski definition) is 12. The molecule has 0 radical (unpaired) electrons. The van der Waals surface area contributed by atoms with Crippen molar-refractivity contribution in [2.24, 2.45) is 0 Å². The fraction of sp³-hybridized carbons (Fsp3) is 0.600. The Morgan fingerprint density at radius 1 is 1.13 bits per heavy atom. The summed E-state index contributed by atoms with van der Waals surface area (Å²) >= 11 is 0. The van der Waals surface area contributed by atoms with Gasteiger partial charge in [-0.3, -0.25) is 28.0 Å². The molecule has 18 heteroatoms. The standard InChI is InChI=1S/C20H27N4O12P.Na/c1-9-5-23(19(29)21-17(9)27)15-3-11(26)14(35-15)8-33-37(31,32)36-12-4-16(34-13(12)7-25)24-6-10(2)18(28)22-20(24)30;/h5-6,11-16,25-26H,3-4,7-8H2,1-2H3,(H,31,32)(H,21,27,29)(H,22,28,30);/q;+1/p-1/t11-,12-,13+,14+,15+,16+;/m0./s1. The molecular weight excluding hydrogens is 542 g/mol. The van der Waals surface area contributed by atoms with Crippen molar-refractivity contribution < 1.29 is 72.9 Å². The predicted octanol–water partition coefficient (Wildman–Crippen LogP) is -5.08. The number of nitrogens with one attached hydrogen (secondary N) is 1.